The summed E-state index contributed by atoms with van der Waals surface area (Å²) in [7, 11) is 0. The first-order chi connectivity index (χ1) is 8.08. The number of rotatable bonds is 3. The molecule has 1 aromatic carbocycles. The third-order valence-electron chi connectivity index (χ3n) is 2.48. The fraction of sp³-hybridized carbons (Fsp3) is 0.273. The van der Waals surface area contributed by atoms with Gasteiger partial charge in [0.05, 0.1) is 12.5 Å². The fourth-order valence-electron chi connectivity index (χ4n) is 1.73. The second-order valence-electron chi connectivity index (χ2n) is 3.68. The molecule has 1 unspecified atom stereocenters. The average molecular weight is 256 g/mol. The fourth-order valence-corrected chi connectivity index (χ4v) is 1.86. The molecule has 1 N–H and O–H groups in total. The molecule has 0 radical (unpaired) electrons. The summed E-state index contributed by atoms with van der Waals surface area (Å²) in [4.78, 5) is 23.5. The Bertz CT molecular complexity index is 445. The van der Waals surface area contributed by atoms with Crippen molar-refractivity contribution >= 4 is 29.4 Å². The second kappa shape index (κ2) is 4.63. The van der Waals surface area contributed by atoms with Gasteiger partial charge in [-0.05, 0) is 24.3 Å². The molecule has 1 fully saturated rings. The quantitative estimate of drug-likeness (QED) is 0.899. The van der Waals surface area contributed by atoms with Crippen molar-refractivity contribution in [2.24, 2.45) is 0 Å². The largest absolute Gasteiger partial charge is 0.481 e. The van der Waals surface area contributed by atoms with Crippen LogP contribution in [0.15, 0.2) is 24.3 Å². The van der Waals surface area contributed by atoms with E-state index in [-0.39, 0.29) is 13.0 Å². The Labute approximate surface area is 103 Å². The second-order valence-corrected chi connectivity index (χ2v) is 4.11. The van der Waals surface area contributed by atoms with E-state index in [1.165, 1.54) is 4.90 Å². The topological polar surface area (TPSA) is 66.8 Å². The minimum absolute atomic E-state index is 0.0910. The zero-order valence-corrected chi connectivity index (χ0v) is 9.55. The highest BCUT2D eigenvalue weighted by molar-refractivity contribution is 6.30. The Morgan fingerprint density at radius 3 is 2.71 bits per heavy atom. The van der Waals surface area contributed by atoms with Gasteiger partial charge in [0.2, 0.25) is 0 Å². The van der Waals surface area contributed by atoms with E-state index in [0.29, 0.717) is 10.7 Å². The van der Waals surface area contributed by atoms with Crippen molar-refractivity contribution in [2.75, 3.05) is 11.5 Å². The van der Waals surface area contributed by atoms with Crippen LogP contribution >= 0.6 is 11.6 Å². The number of hydrogen-bond acceptors (Lipinski definition) is 3. The van der Waals surface area contributed by atoms with Gasteiger partial charge in [-0.25, -0.2) is 4.79 Å². The summed E-state index contributed by atoms with van der Waals surface area (Å²) in [6.45, 7) is 0.0910. The number of ether oxygens (including phenoxy) is 1. The molecule has 1 aliphatic heterocycles. The summed E-state index contributed by atoms with van der Waals surface area (Å²) in [5.41, 5.74) is 0.586. The Morgan fingerprint density at radius 2 is 2.12 bits per heavy atom. The van der Waals surface area contributed by atoms with Crippen molar-refractivity contribution in [1.29, 1.82) is 0 Å². The van der Waals surface area contributed by atoms with Gasteiger partial charge in [-0.2, -0.15) is 0 Å². The smallest absolute Gasteiger partial charge is 0.414 e. The number of carboxylic acid groups (broad SMARTS) is 1. The van der Waals surface area contributed by atoms with Crippen molar-refractivity contribution in [3.8, 4) is 0 Å². The minimum atomic E-state index is -0.965. The van der Waals surface area contributed by atoms with E-state index in [1.807, 2.05) is 0 Å². The third-order valence-corrected chi connectivity index (χ3v) is 2.73. The van der Waals surface area contributed by atoms with Gasteiger partial charge in [0.15, 0.2) is 0 Å². The Balaban J connectivity index is 2.24. The first-order valence-electron chi connectivity index (χ1n) is 5.01. The number of halogens is 1. The van der Waals surface area contributed by atoms with Gasteiger partial charge < -0.3 is 9.84 Å². The van der Waals surface area contributed by atoms with Gasteiger partial charge in [0.25, 0.3) is 0 Å². The molecule has 1 atom stereocenters. The molecule has 0 bridgehead atoms. The van der Waals surface area contributed by atoms with Gasteiger partial charge in [-0.3, -0.25) is 9.69 Å². The zero-order valence-electron chi connectivity index (χ0n) is 8.80. The predicted molar refractivity (Wildman–Crippen MR) is 61.3 cm³/mol. The lowest BCUT2D eigenvalue weighted by molar-refractivity contribution is -0.137. The lowest BCUT2D eigenvalue weighted by Crippen LogP contribution is -2.35. The first-order valence-corrected chi connectivity index (χ1v) is 5.39. The molecule has 0 saturated carbocycles. The Morgan fingerprint density at radius 1 is 1.47 bits per heavy atom. The molecule has 1 saturated heterocycles. The molecular weight excluding hydrogens is 246 g/mol. The van der Waals surface area contributed by atoms with Crippen LogP contribution in [-0.2, 0) is 9.53 Å². The molecule has 0 spiro atoms. The lowest BCUT2D eigenvalue weighted by atomic mass is 10.2. The molecule has 6 heteroatoms. The summed E-state index contributed by atoms with van der Waals surface area (Å²) >= 11 is 5.75. The van der Waals surface area contributed by atoms with E-state index in [0.717, 1.165) is 0 Å². The van der Waals surface area contributed by atoms with Crippen LogP contribution in [0.1, 0.15) is 6.42 Å². The zero-order chi connectivity index (χ0) is 12.4. The molecule has 5 nitrogen and oxygen atoms in total. The molecule has 90 valence electrons. The highest BCUT2D eigenvalue weighted by Gasteiger charge is 2.35. The number of carbonyl (C=O) groups excluding carboxylic acids is 1. The normalized spacial score (nSPS) is 19.2. The van der Waals surface area contributed by atoms with Gasteiger partial charge >= 0.3 is 12.1 Å². The number of hydrogen-bond donors (Lipinski definition) is 1. The summed E-state index contributed by atoms with van der Waals surface area (Å²) in [5.74, 6) is -0.965. The molecule has 0 aliphatic carbocycles. The highest BCUT2D eigenvalue weighted by Crippen LogP contribution is 2.26. The SMILES string of the molecule is O=C(O)CC1COC(=O)N1c1ccc(Cl)cc1. The van der Waals surface area contributed by atoms with Gasteiger partial charge in [0.1, 0.15) is 6.61 Å². The summed E-state index contributed by atoms with van der Waals surface area (Å²) in [5, 5.41) is 9.31. The van der Waals surface area contributed by atoms with Crippen LogP contribution in [0.2, 0.25) is 5.02 Å². The van der Waals surface area contributed by atoms with E-state index < -0.39 is 18.1 Å². The van der Waals surface area contributed by atoms with Gasteiger partial charge in [0, 0.05) is 10.7 Å². The van der Waals surface area contributed by atoms with Crippen molar-refractivity contribution < 1.29 is 19.4 Å². The number of cyclic esters (lactones) is 1. The molecule has 2 rings (SSSR count). The van der Waals surface area contributed by atoms with E-state index in [2.05, 4.69) is 0 Å². The van der Waals surface area contributed by atoms with E-state index in [1.54, 1.807) is 24.3 Å². The monoisotopic (exact) mass is 255 g/mol. The summed E-state index contributed by atoms with van der Waals surface area (Å²) < 4.78 is 4.85. The number of amides is 1. The minimum Gasteiger partial charge on any atom is -0.481 e. The van der Waals surface area contributed by atoms with Crippen LogP contribution in [0.5, 0.6) is 0 Å². The summed E-state index contributed by atoms with van der Waals surface area (Å²) in [6.07, 6.45) is -0.674. The highest BCUT2D eigenvalue weighted by atomic mass is 35.5. The van der Waals surface area contributed by atoms with Crippen LogP contribution in [0.3, 0.4) is 0 Å². The maximum Gasteiger partial charge on any atom is 0.414 e. The molecule has 1 amide bonds. The molecule has 1 aromatic rings. The molecule has 17 heavy (non-hydrogen) atoms. The third kappa shape index (κ3) is 2.50. The molecule has 0 aromatic heterocycles. The number of carboxylic acids is 1. The van der Waals surface area contributed by atoms with Crippen molar-refractivity contribution in [2.45, 2.75) is 12.5 Å². The van der Waals surface area contributed by atoms with Crippen LogP contribution in [0.25, 0.3) is 0 Å². The molecule has 1 aliphatic rings. The van der Waals surface area contributed by atoms with Crippen LogP contribution < -0.4 is 4.90 Å². The average Bonchev–Trinajstić information content (AvgIpc) is 2.61. The first kappa shape index (κ1) is 11.7. The predicted octanol–water partition coefficient (Wildman–Crippen LogP) is 2.14. The standard InChI is InChI=1S/C11H10ClNO4/c12-7-1-3-8(4-2-7)13-9(5-10(14)15)6-17-11(13)16/h1-4,9H,5-6H2,(H,14,15). The number of nitrogens with zero attached hydrogens (tertiary/aromatic N) is 1. The lowest BCUT2D eigenvalue weighted by Gasteiger charge is -2.19. The summed E-state index contributed by atoms with van der Waals surface area (Å²) in [6, 6.07) is 6.12. The number of anilines is 1. The number of carbonyl (C=O) groups is 2. The number of benzene rings is 1. The van der Waals surface area contributed by atoms with Crippen molar-refractivity contribution in [3.05, 3.63) is 29.3 Å². The maximum absolute atomic E-state index is 11.5. The van der Waals surface area contributed by atoms with E-state index >= 15 is 0 Å². The van der Waals surface area contributed by atoms with Crippen LogP contribution in [0.4, 0.5) is 10.5 Å². The number of aliphatic carboxylic acids is 1. The Kier molecular flexibility index (Phi) is 3.19. The van der Waals surface area contributed by atoms with Crippen LogP contribution in [0, 0.1) is 0 Å². The van der Waals surface area contributed by atoms with Gasteiger partial charge in [-0.15, -0.1) is 0 Å². The van der Waals surface area contributed by atoms with Crippen LogP contribution in [-0.4, -0.2) is 29.8 Å². The van der Waals surface area contributed by atoms with E-state index in [4.69, 9.17) is 21.4 Å². The molecule has 1 heterocycles. The Hall–Kier alpha value is -1.75. The maximum atomic E-state index is 11.5. The van der Waals surface area contributed by atoms with Gasteiger partial charge in [-0.1, -0.05) is 11.6 Å². The van der Waals surface area contributed by atoms with Crippen molar-refractivity contribution in [1.82, 2.24) is 0 Å². The van der Waals surface area contributed by atoms with Crippen molar-refractivity contribution in [3.63, 3.8) is 0 Å². The molecular formula is C11H10ClNO4. The van der Waals surface area contributed by atoms with E-state index in [9.17, 15) is 9.59 Å².